The summed E-state index contributed by atoms with van der Waals surface area (Å²) >= 11 is 0. The molecule has 0 saturated heterocycles. The van der Waals surface area contributed by atoms with Gasteiger partial charge in [-0.05, 0) is 6.42 Å². The minimum Gasteiger partial charge on any atom is -0.359 e. The van der Waals surface area contributed by atoms with Crippen molar-refractivity contribution in [2.24, 2.45) is 0 Å². The summed E-state index contributed by atoms with van der Waals surface area (Å²) in [5.74, 6) is 0. The van der Waals surface area contributed by atoms with Crippen molar-refractivity contribution in [1.29, 1.82) is 0 Å². The fraction of sp³-hybridized carbons (Fsp3) is 1.00. The maximum Gasteiger partial charge on any atom is 0.194 e. The van der Waals surface area contributed by atoms with Crippen LogP contribution in [0.5, 0.6) is 0 Å². The molecule has 0 aliphatic carbocycles. The third-order valence-electron chi connectivity index (χ3n) is 1.42. The van der Waals surface area contributed by atoms with Gasteiger partial charge >= 0.3 is 0 Å². The van der Waals surface area contributed by atoms with Crippen LogP contribution < -0.4 is 0 Å². The molecule has 1 unspecified atom stereocenters. The maximum atomic E-state index is 10.9. The summed E-state index contributed by atoms with van der Waals surface area (Å²) in [7, 11) is 1.51. The first-order chi connectivity index (χ1) is 5.31. The van der Waals surface area contributed by atoms with Crippen LogP contribution in [0, 0.1) is 0 Å². The molecule has 3 heteroatoms. The molecule has 1 atom stereocenters. The minimum absolute atomic E-state index is 0.111. The molecule has 0 aliphatic heterocycles. The third-order valence-corrected chi connectivity index (χ3v) is 1.42. The lowest BCUT2D eigenvalue weighted by atomic mass is 10.2. The molecule has 0 rings (SSSR count). The van der Waals surface area contributed by atoms with E-state index in [4.69, 9.17) is 4.74 Å². The smallest absolute Gasteiger partial charge is 0.194 e. The molecule has 0 N–H and O–H groups in total. The van der Waals surface area contributed by atoms with Gasteiger partial charge in [0.2, 0.25) is 0 Å². The molecule has 0 saturated carbocycles. The van der Waals surface area contributed by atoms with Crippen molar-refractivity contribution < 1.29 is 14.6 Å². The van der Waals surface area contributed by atoms with Crippen LogP contribution >= 0.6 is 0 Å². The zero-order valence-corrected chi connectivity index (χ0v) is 7.34. The Morgan fingerprint density at radius 2 is 2.09 bits per heavy atom. The molecule has 0 amide bonds. The fourth-order valence-electron chi connectivity index (χ4n) is 0.788. The fourth-order valence-corrected chi connectivity index (χ4v) is 0.788. The van der Waals surface area contributed by atoms with E-state index in [-0.39, 0.29) is 6.79 Å². The van der Waals surface area contributed by atoms with Gasteiger partial charge in [0.15, 0.2) is 6.29 Å². The van der Waals surface area contributed by atoms with E-state index < -0.39 is 6.29 Å². The van der Waals surface area contributed by atoms with Crippen molar-refractivity contribution in [2.75, 3.05) is 13.9 Å². The van der Waals surface area contributed by atoms with Crippen molar-refractivity contribution in [3.63, 3.8) is 0 Å². The summed E-state index contributed by atoms with van der Waals surface area (Å²) in [6.07, 6.45) is 2.89. The number of unbranched alkanes of at least 4 members (excludes halogenated alkanes) is 2. The van der Waals surface area contributed by atoms with E-state index in [1.54, 1.807) is 0 Å². The van der Waals surface area contributed by atoms with E-state index in [1.165, 1.54) is 7.11 Å². The van der Waals surface area contributed by atoms with Crippen LogP contribution in [0.15, 0.2) is 0 Å². The second kappa shape index (κ2) is 7.98. The summed E-state index contributed by atoms with van der Waals surface area (Å²) in [5, 5.41) is 10.9. The lowest BCUT2D eigenvalue weighted by Crippen LogP contribution is -2.11. The largest absolute Gasteiger partial charge is 0.359 e. The number of rotatable bonds is 7. The van der Waals surface area contributed by atoms with Gasteiger partial charge in [-0.25, -0.2) is 5.11 Å². The Bertz CT molecular complexity index is 75.7. The highest BCUT2D eigenvalue weighted by Crippen LogP contribution is 2.04. The van der Waals surface area contributed by atoms with Crippen LogP contribution in [-0.4, -0.2) is 20.2 Å². The Kier molecular flexibility index (Phi) is 7.89. The van der Waals surface area contributed by atoms with Gasteiger partial charge in [0.05, 0.1) is 0 Å². The highest BCUT2D eigenvalue weighted by Gasteiger charge is 2.03. The van der Waals surface area contributed by atoms with Crippen LogP contribution in [0.3, 0.4) is 0 Å². The van der Waals surface area contributed by atoms with E-state index in [1.807, 2.05) is 0 Å². The number of hydrogen-bond donors (Lipinski definition) is 0. The molecule has 3 nitrogen and oxygen atoms in total. The molecule has 0 aromatic rings. The van der Waals surface area contributed by atoms with Crippen molar-refractivity contribution in [1.82, 2.24) is 0 Å². The molecule has 0 bridgehead atoms. The van der Waals surface area contributed by atoms with Gasteiger partial charge < -0.3 is 9.47 Å². The monoisotopic (exact) mass is 161 g/mol. The zero-order chi connectivity index (χ0) is 8.53. The molecule has 67 valence electrons. The second-order valence-electron chi connectivity index (χ2n) is 2.50. The molecule has 0 aromatic carbocycles. The van der Waals surface area contributed by atoms with Gasteiger partial charge in [-0.15, -0.1) is 0 Å². The molecule has 1 radical (unpaired) electrons. The van der Waals surface area contributed by atoms with Gasteiger partial charge in [-0.2, -0.15) is 0 Å². The van der Waals surface area contributed by atoms with E-state index in [0.29, 0.717) is 6.42 Å². The topological polar surface area (TPSA) is 38.4 Å². The van der Waals surface area contributed by atoms with Crippen molar-refractivity contribution in [3.8, 4) is 0 Å². The third kappa shape index (κ3) is 7.78. The highest BCUT2D eigenvalue weighted by molar-refractivity contribution is 4.42. The first kappa shape index (κ1) is 10.9. The summed E-state index contributed by atoms with van der Waals surface area (Å²) in [6, 6.07) is 0. The predicted molar refractivity (Wildman–Crippen MR) is 41.6 cm³/mol. The summed E-state index contributed by atoms with van der Waals surface area (Å²) in [4.78, 5) is 0. The minimum atomic E-state index is -0.901. The van der Waals surface area contributed by atoms with Gasteiger partial charge in [0.1, 0.15) is 6.79 Å². The number of hydrogen-bond acceptors (Lipinski definition) is 2. The Balaban J connectivity index is 3.02. The molecular weight excluding hydrogens is 144 g/mol. The summed E-state index contributed by atoms with van der Waals surface area (Å²) in [5.41, 5.74) is 0. The normalized spacial score (nSPS) is 13.4. The van der Waals surface area contributed by atoms with Crippen LogP contribution in [0.4, 0.5) is 0 Å². The van der Waals surface area contributed by atoms with Crippen molar-refractivity contribution >= 4 is 0 Å². The average Bonchev–Trinajstić information content (AvgIpc) is 2.01. The van der Waals surface area contributed by atoms with Gasteiger partial charge in [-0.3, -0.25) is 0 Å². The first-order valence-electron chi connectivity index (χ1n) is 4.07. The molecule has 11 heavy (non-hydrogen) atoms. The molecular formula is C8H17O3. The van der Waals surface area contributed by atoms with E-state index in [2.05, 4.69) is 11.7 Å². The van der Waals surface area contributed by atoms with E-state index in [0.717, 1.165) is 19.3 Å². The Labute approximate surface area is 68.3 Å². The van der Waals surface area contributed by atoms with Crippen molar-refractivity contribution in [2.45, 2.75) is 38.9 Å². The lowest BCUT2D eigenvalue weighted by molar-refractivity contribution is -0.191. The number of ether oxygens (including phenoxy) is 2. The van der Waals surface area contributed by atoms with Crippen LogP contribution in [0.25, 0.3) is 0 Å². The first-order valence-corrected chi connectivity index (χ1v) is 4.07. The zero-order valence-electron chi connectivity index (χ0n) is 7.34. The molecule has 0 fully saturated rings. The molecule has 0 spiro atoms. The molecule has 0 heterocycles. The Morgan fingerprint density at radius 3 is 2.64 bits per heavy atom. The van der Waals surface area contributed by atoms with Crippen LogP contribution in [0.1, 0.15) is 32.6 Å². The second-order valence-corrected chi connectivity index (χ2v) is 2.50. The Morgan fingerprint density at radius 1 is 1.36 bits per heavy atom. The van der Waals surface area contributed by atoms with Gasteiger partial charge in [0, 0.05) is 13.5 Å². The van der Waals surface area contributed by atoms with Gasteiger partial charge in [-0.1, -0.05) is 19.8 Å². The predicted octanol–water partition coefficient (Wildman–Crippen LogP) is 1.94. The average molecular weight is 161 g/mol. The maximum absolute atomic E-state index is 10.9. The molecule has 0 aliphatic rings. The van der Waals surface area contributed by atoms with Crippen LogP contribution in [0.2, 0.25) is 0 Å². The summed E-state index contributed by atoms with van der Waals surface area (Å²) < 4.78 is 9.36. The quantitative estimate of drug-likeness (QED) is 0.423. The highest BCUT2D eigenvalue weighted by atomic mass is 16.7. The standard InChI is InChI=1S/C8H17O3/c1-3-4-5-6-8(9)11-7-10-2/h8H,3-7H2,1-2H3. The lowest BCUT2D eigenvalue weighted by Gasteiger charge is -2.07. The van der Waals surface area contributed by atoms with Crippen LogP contribution in [-0.2, 0) is 14.6 Å². The van der Waals surface area contributed by atoms with E-state index >= 15 is 0 Å². The van der Waals surface area contributed by atoms with Crippen molar-refractivity contribution in [3.05, 3.63) is 0 Å². The number of methoxy groups -OCH3 is 1. The summed E-state index contributed by atoms with van der Waals surface area (Å²) in [6.45, 7) is 2.22. The van der Waals surface area contributed by atoms with Gasteiger partial charge in [0.25, 0.3) is 0 Å². The van der Waals surface area contributed by atoms with E-state index in [9.17, 15) is 5.11 Å². The SMILES string of the molecule is CCCCCC([O])OCOC. The Hall–Kier alpha value is -0.120. The molecule has 0 aromatic heterocycles.